The number of likely N-dealkylation sites (tertiary alicyclic amines) is 1. The molecule has 6 heteroatoms. The van der Waals surface area contributed by atoms with Crippen LogP contribution < -0.4 is 10.1 Å². The smallest absolute Gasteiger partial charge is 0.194 e. The van der Waals surface area contributed by atoms with E-state index >= 15 is 0 Å². The zero-order valence-electron chi connectivity index (χ0n) is 15.5. The molecule has 2 aliphatic rings. The summed E-state index contributed by atoms with van der Waals surface area (Å²) in [4.78, 5) is 7.27. The first-order valence-electron chi connectivity index (χ1n) is 8.90. The second-order valence-corrected chi connectivity index (χ2v) is 7.00. The topological polar surface area (TPSA) is 46.1 Å². The van der Waals surface area contributed by atoms with Crippen LogP contribution in [0.15, 0.2) is 23.2 Å². The quantitative estimate of drug-likeness (QED) is 0.427. The average molecular weight is 459 g/mol. The van der Waals surface area contributed by atoms with Gasteiger partial charge in [-0.05, 0) is 49.9 Å². The maximum Gasteiger partial charge on any atom is 0.194 e. The van der Waals surface area contributed by atoms with Gasteiger partial charge in [0, 0.05) is 31.7 Å². The van der Waals surface area contributed by atoms with E-state index in [1.165, 1.54) is 24.0 Å². The molecule has 5 nitrogen and oxygen atoms in total. The summed E-state index contributed by atoms with van der Waals surface area (Å²) in [5.74, 6) is 1.91. The first-order valence-corrected chi connectivity index (χ1v) is 8.90. The first kappa shape index (κ1) is 20.3. The molecule has 0 saturated carbocycles. The molecule has 2 saturated heterocycles. The van der Waals surface area contributed by atoms with Crippen LogP contribution in [0.5, 0.6) is 5.75 Å². The van der Waals surface area contributed by atoms with E-state index in [4.69, 9.17) is 14.5 Å². The maximum atomic E-state index is 5.64. The Hall–Kier alpha value is -1.02. The van der Waals surface area contributed by atoms with E-state index in [0.29, 0.717) is 12.0 Å². The minimum atomic E-state index is 0. The lowest BCUT2D eigenvalue weighted by molar-refractivity contribution is 0.156. The minimum Gasteiger partial charge on any atom is -0.497 e. The van der Waals surface area contributed by atoms with Gasteiger partial charge in [-0.15, -0.1) is 24.0 Å². The predicted molar refractivity (Wildman–Crippen MR) is 112 cm³/mol. The number of benzene rings is 1. The van der Waals surface area contributed by atoms with Crippen molar-refractivity contribution in [2.24, 2.45) is 10.4 Å². The van der Waals surface area contributed by atoms with E-state index in [1.54, 1.807) is 7.11 Å². The van der Waals surface area contributed by atoms with Crippen molar-refractivity contribution in [1.29, 1.82) is 0 Å². The summed E-state index contributed by atoms with van der Waals surface area (Å²) in [6, 6.07) is 6.28. The van der Waals surface area contributed by atoms with Gasteiger partial charge in [0.15, 0.2) is 5.96 Å². The highest BCUT2D eigenvalue weighted by atomic mass is 127. The summed E-state index contributed by atoms with van der Waals surface area (Å²) < 4.78 is 11.0. The van der Waals surface area contributed by atoms with Crippen molar-refractivity contribution in [1.82, 2.24) is 10.2 Å². The van der Waals surface area contributed by atoms with Crippen LogP contribution >= 0.6 is 24.0 Å². The molecule has 0 aliphatic carbocycles. The molecule has 3 rings (SSSR count). The van der Waals surface area contributed by atoms with Gasteiger partial charge in [0.1, 0.15) is 5.75 Å². The number of guanidine groups is 1. The number of nitrogens with zero attached hydrogens (tertiary/aromatic N) is 2. The monoisotopic (exact) mass is 459 g/mol. The molecule has 1 aromatic carbocycles. The summed E-state index contributed by atoms with van der Waals surface area (Å²) in [7, 11) is 1.71. The molecular formula is C19H30IN3O2. The van der Waals surface area contributed by atoms with E-state index in [2.05, 4.69) is 36.2 Å². The minimum absolute atomic E-state index is 0. The highest BCUT2D eigenvalue weighted by Crippen LogP contribution is 2.38. The molecule has 2 fully saturated rings. The normalized spacial score (nSPS) is 23.0. The lowest BCUT2D eigenvalue weighted by atomic mass is 9.87. The van der Waals surface area contributed by atoms with E-state index < -0.39 is 0 Å². The Bertz CT molecular complexity index is 600. The van der Waals surface area contributed by atoms with Crippen molar-refractivity contribution in [3.63, 3.8) is 0 Å². The lowest BCUT2D eigenvalue weighted by Gasteiger charge is -2.25. The van der Waals surface area contributed by atoms with Gasteiger partial charge >= 0.3 is 0 Å². The third-order valence-corrected chi connectivity index (χ3v) is 5.02. The largest absolute Gasteiger partial charge is 0.497 e. The predicted octanol–water partition coefficient (Wildman–Crippen LogP) is 3.20. The number of rotatable bonds is 4. The Balaban J connectivity index is 0.00000225. The first-order chi connectivity index (χ1) is 11.6. The van der Waals surface area contributed by atoms with Gasteiger partial charge in [-0.2, -0.15) is 0 Å². The summed E-state index contributed by atoms with van der Waals surface area (Å²) in [5.41, 5.74) is 2.73. The van der Waals surface area contributed by atoms with Crippen LogP contribution in [-0.2, 0) is 11.3 Å². The Morgan fingerprint density at radius 1 is 1.36 bits per heavy atom. The third kappa shape index (κ3) is 5.00. The Kier molecular flexibility index (Phi) is 7.37. The number of aliphatic imine (C=N–C) groups is 1. The van der Waals surface area contributed by atoms with Crippen LogP contribution in [0.1, 0.15) is 30.9 Å². The Labute approximate surface area is 168 Å². The number of methoxy groups -OCH3 is 1. The third-order valence-electron chi connectivity index (χ3n) is 5.02. The van der Waals surface area contributed by atoms with Gasteiger partial charge < -0.3 is 19.7 Å². The van der Waals surface area contributed by atoms with E-state index in [0.717, 1.165) is 44.6 Å². The van der Waals surface area contributed by atoms with Crippen LogP contribution in [0, 0.1) is 12.3 Å². The van der Waals surface area contributed by atoms with Crippen LogP contribution in [0.4, 0.5) is 0 Å². The number of aryl methyl sites for hydroxylation is 1. The van der Waals surface area contributed by atoms with Crippen molar-refractivity contribution in [2.45, 2.75) is 33.2 Å². The molecule has 1 unspecified atom stereocenters. The van der Waals surface area contributed by atoms with Crippen molar-refractivity contribution in [3.05, 3.63) is 29.3 Å². The summed E-state index contributed by atoms with van der Waals surface area (Å²) >= 11 is 0. The highest BCUT2D eigenvalue weighted by Gasteiger charge is 2.42. The second kappa shape index (κ2) is 9.07. The molecule has 0 bridgehead atoms. The summed E-state index contributed by atoms with van der Waals surface area (Å²) in [6.07, 6.45) is 2.38. The summed E-state index contributed by atoms with van der Waals surface area (Å²) in [5, 5.41) is 3.45. The van der Waals surface area contributed by atoms with E-state index in [1.807, 2.05) is 6.07 Å². The van der Waals surface area contributed by atoms with Gasteiger partial charge in [0.05, 0.1) is 20.3 Å². The number of hydrogen-bond acceptors (Lipinski definition) is 3. The standard InChI is InChI=1S/C19H29N3O2.HI/c1-4-20-18(22-7-5-19(13-22)6-8-24-14-19)21-12-16-9-15(2)10-17(11-16)23-3;/h9-11H,4-8,12-14H2,1-3H3,(H,20,21);1H. The molecule has 0 radical (unpaired) electrons. The summed E-state index contributed by atoms with van der Waals surface area (Å²) in [6.45, 7) is 9.68. The zero-order valence-corrected chi connectivity index (χ0v) is 17.8. The molecule has 1 aromatic rings. The molecule has 140 valence electrons. The van der Waals surface area contributed by atoms with Crippen molar-refractivity contribution in [2.75, 3.05) is 40.0 Å². The van der Waals surface area contributed by atoms with Gasteiger partial charge in [0.25, 0.3) is 0 Å². The van der Waals surface area contributed by atoms with Crippen LogP contribution in [0.2, 0.25) is 0 Å². The fourth-order valence-corrected chi connectivity index (χ4v) is 3.71. The molecule has 2 heterocycles. The number of nitrogens with one attached hydrogen (secondary N) is 1. The molecule has 25 heavy (non-hydrogen) atoms. The zero-order chi connectivity index (χ0) is 17.0. The van der Waals surface area contributed by atoms with Crippen molar-refractivity contribution >= 4 is 29.9 Å². The van der Waals surface area contributed by atoms with Crippen molar-refractivity contribution < 1.29 is 9.47 Å². The molecule has 0 amide bonds. The molecule has 1 atom stereocenters. The van der Waals surface area contributed by atoms with Gasteiger partial charge in [0.2, 0.25) is 0 Å². The number of hydrogen-bond donors (Lipinski definition) is 1. The Morgan fingerprint density at radius 3 is 2.88 bits per heavy atom. The molecule has 1 N–H and O–H groups in total. The average Bonchev–Trinajstić information content (AvgIpc) is 3.21. The molecule has 1 spiro atoms. The van der Waals surface area contributed by atoms with Gasteiger partial charge in [-0.3, -0.25) is 0 Å². The molecule has 2 aliphatic heterocycles. The molecule has 0 aromatic heterocycles. The Morgan fingerprint density at radius 2 is 2.20 bits per heavy atom. The fourth-order valence-electron chi connectivity index (χ4n) is 3.71. The highest BCUT2D eigenvalue weighted by molar-refractivity contribution is 14.0. The SMILES string of the molecule is CCNC(=NCc1cc(C)cc(OC)c1)N1CCC2(CCOC2)C1.I. The lowest BCUT2D eigenvalue weighted by Crippen LogP contribution is -2.41. The van der Waals surface area contributed by atoms with E-state index in [-0.39, 0.29) is 24.0 Å². The fraction of sp³-hybridized carbons (Fsp3) is 0.632. The molecular weight excluding hydrogens is 429 g/mol. The van der Waals surface area contributed by atoms with Crippen molar-refractivity contribution in [3.8, 4) is 5.75 Å². The van der Waals surface area contributed by atoms with Crippen LogP contribution in [0.3, 0.4) is 0 Å². The van der Waals surface area contributed by atoms with Crippen LogP contribution in [0.25, 0.3) is 0 Å². The van der Waals surface area contributed by atoms with Crippen LogP contribution in [-0.4, -0.2) is 50.8 Å². The maximum absolute atomic E-state index is 5.64. The van der Waals surface area contributed by atoms with E-state index in [9.17, 15) is 0 Å². The number of halogens is 1. The van der Waals surface area contributed by atoms with Gasteiger partial charge in [-0.25, -0.2) is 4.99 Å². The van der Waals surface area contributed by atoms with Gasteiger partial charge in [-0.1, -0.05) is 6.07 Å². The number of ether oxygens (including phenoxy) is 2. The second-order valence-electron chi connectivity index (χ2n) is 7.00.